The Balaban J connectivity index is 1.45. The van der Waals surface area contributed by atoms with E-state index in [4.69, 9.17) is 27.9 Å². The monoisotopic (exact) mass is 455 g/mol. The van der Waals surface area contributed by atoms with Crippen molar-refractivity contribution in [2.45, 2.75) is 6.61 Å². The van der Waals surface area contributed by atoms with Crippen molar-refractivity contribution in [2.24, 2.45) is 0 Å². The van der Waals surface area contributed by atoms with Crippen LogP contribution in [0.25, 0.3) is 6.08 Å². The van der Waals surface area contributed by atoms with Crippen LogP contribution in [-0.2, 0) is 11.4 Å². The van der Waals surface area contributed by atoms with Crippen molar-refractivity contribution in [1.29, 1.82) is 0 Å². The minimum Gasteiger partial charge on any atom is -0.489 e. The van der Waals surface area contributed by atoms with Gasteiger partial charge in [-0.1, -0.05) is 59.6 Å². The lowest BCUT2D eigenvalue weighted by Gasteiger charge is -2.11. The molecule has 4 nitrogen and oxygen atoms in total. The van der Waals surface area contributed by atoms with Gasteiger partial charge < -0.3 is 4.74 Å². The molecule has 0 unspecified atom stereocenters. The van der Waals surface area contributed by atoms with Gasteiger partial charge >= 0.3 is 0 Å². The van der Waals surface area contributed by atoms with Gasteiger partial charge in [-0.15, -0.1) is 0 Å². The molecular weight excluding hydrogens is 441 g/mol. The van der Waals surface area contributed by atoms with E-state index in [0.29, 0.717) is 33.0 Å². The topological polar surface area (TPSA) is 46.6 Å². The van der Waals surface area contributed by atoms with Crippen molar-refractivity contribution in [3.05, 3.63) is 98.9 Å². The molecule has 0 bridgehead atoms. The molecule has 1 heterocycles. The number of ether oxygens (including phenoxy) is 1. The van der Waals surface area contributed by atoms with Gasteiger partial charge in [0.2, 0.25) is 0 Å². The Bertz CT molecular complexity index is 1130. The van der Waals surface area contributed by atoms with Crippen LogP contribution in [0.1, 0.15) is 11.1 Å². The molecule has 0 aliphatic carbocycles. The summed E-state index contributed by atoms with van der Waals surface area (Å²) in [7, 11) is 0. The Morgan fingerprint density at radius 3 is 2.37 bits per heavy atom. The molecule has 2 amide bonds. The van der Waals surface area contributed by atoms with Crippen molar-refractivity contribution < 1.29 is 14.3 Å². The molecule has 0 aromatic heterocycles. The molecule has 1 fully saturated rings. The van der Waals surface area contributed by atoms with Gasteiger partial charge in [-0.25, -0.2) is 4.90 Å². The van der Waals surface area contributed by atoms with Crippen LogP contribution in [0.4, 0.5) is 10.5 Å². The smallest absolute Gasteiger partial charge is 0.298 e. The van der Waals surface area contributed by atoms with Gasteiger partial charge in [0, 0.05) is 15.6 Å². The minimum absolute atomic E-state index is 0.308. The number of amides is 2. The summed E-state index contributed by atoms with van der Waals surface area (Å²) in [6, 6.07) is 21.4. The van der Waals surface area contributed by atoms with Crippen LogP contribution in [0.5, 0.6) is 5.75 Å². The number of para-hydroxylation sites is 1. The highest BCUT2D eigenvalue weighted by Crippen LogP contribution is 2.35. The maximum absolute atomic E-state index is 12.7. The molecule has 7 heteroatoms. The second-order valence-corrected chi connectivity index (χ2v) is 8.28. The van der Waals surface area contributed by atoms with Crippen LogP contribution < -0.4 is 9.64 Å². The second-order valence-electron chi connectivity index (χ2n) is 6.45. The van der Waals surface area contributed by atoms with Gasteiger partial charge in [0.25, 0.3) is 11.1 Å². The average molecular weight is 456 g/mol. The summed E-state index contributed by atoms with van der Waals surface area (Å²) in [4.78, 5) is 26.5. The van der Waals surface area contributed by atoms with Gasteiger partial charge in [-0.3, -0.25) is 9.59 Å². The van der Waals surface area contributed by atoms with Crippen LogP contribution in [-0.4, -0.2) is 11.1 Å². The highest BCUT2D eigenvalue weighted by atomic mass is 35.5. The molecule has 0 spiro atoms. The molecule has 1 aliphatic rings. The summed E-state index contributed by atoms with van der Waals surface area (Å²) in [5, 5.41) is 0.815. The number of rotatable bonds is 5. The maximum Gasteiger partial charge on any atom is 0.298 e. The third-order valence-corrected chi connectivity index (χ3v) is 5.85. The molecule has 3 aromatic carbocycles. The fourth-order valence-corrected chi connectivity index (χ4v) is 4.18. The molecule has 1 saturated heterocycles. The molecule has 0 atom stereocenters. The van der Waals surface area contributed by atoms with Crippen LogP contribution >= 0.6 is 35.0 Å². The molecule has 0 saturated carbocycles. The SMILES string of the molecule is O=C1S/C(=C/c2ccc(OCc3ccc(Cl)cc3Cl)cc2)C(=O)N1c1ccccc1. The third kappa shape index (κ3) is 4.54. The first kappa shape index (κ1) is 20.5. The zero-order chi connectivity index (χ0) is 21.1. The Labute approximate surface area is 188 Å². The van der Waals surface area contributed by atoms with Crippen LogP contribution in [0.2, 0.25) is 10.0 Å². The van der Waals surface area contributed by atoms with E-state index in [1.165, 1.54) is 4.90 Å². The van der Waals surface area contributed by atoms with E-state index in [1.807, 2.05) is 24.3 Å². The molecule has 30 heavy (non-hydrogen) atoms. The van der Waals surface area contributed by atoms with Crippen molar-refractivity contribution in [3.63, 3.8) is 0 Å². The first-order valence-corrected chi connectivity index (χ1v) is 10.6. The van der Waals surface area contributed by atoms with Crippen LogP contribution in [0.3, 0.4) is 0 Å². The summed E-state index contributed by atoms with van der Waals surface area (Å²) in [5.74, 6) is 0.337. The fraction of sp³-hybridized carbons (Fsp3) is 0.0435. The number of hydrogen-bond acceptors (Lipinski definition) is 4. The predicted octanol–water partition coefficient (Wildman–Crippen LogP) is 6.81. The van der Waals surface area contributed by atoms with Crippen LogP contribution in [0.15, 0.2) is 77.7 Å². The Morgan fingerprint density at radius 1 is 0.933 bits per heavy atom. The number of nitrogens with zero attached hydrogens (tertiary/aromatic N) is 1. The summed E-state index contributed by atoms with van der Waals surface area (Å²) in [5.41, 5.74) is 2.19. The lowest BCUT2D eigenvalue weighted by atomic mass is 10.2. The normalized spacial score (nSPS) is 15.1. The number of halogens is 2. The van der Waals surface area contributed by atoms with Crippen molar-refractivity contribution in [3.8, 4) is 5.75 Å². The Hall–Kier alpha value is -2.73. The second kappa shape index (κ2) is 8.96. The van der Waals surface area contributed by atoms with E-state index in [0.717, 1.165) is 22.9 Å². The van der Waals surface area contributed by atoms with E-state index in [1.54, 1.807) is 54.6 Å². The first-order chi connectivity index (χ1) is 14.5. The number of carbonyl (C=O) groups excluding carboxylic acids is 2. The molecule has 4 rings (SSSR count). The summed E-state index contributed by atoms with van der Waals surface area (Å²) in [6.07, 6.45) is 1.70. The average Bonchev–Trinajstić information content (AvgIpc) is 3.02. The van der Waals surface area contributed by atoms with Gasteiger partial charge in [0.15, 0.2) is 0 Å². The lowest BCUT2D eigenvalue weighted by molar-refractivity contribution is -0.113. The molecule has 0 radical (unpaired) electrons. The zero-order valence-electron chi connectivity index (χ0n) is 15.5. The molecule has 150 valence electrons. The minimum atomic E-state index is -0.325. The molecular formula is C23H15Cl2NO3S. The van der Waals surface area contributed by atoms with Gasteiger partial charge in [0.1, 0.15) is 12.4 Å². The van der Waals surface area contributed by atoms with Crippen molar-refractivity contribution in [2.75, 3.05) is 4.90 Å². The number of hydrogen-bond donors (Lipinski definition) is 0. The molecule has 3 aromatic rings. The maximum atomic E-state index is 12.7. The highest BCUT2D eigenvalue weighted by Gasteiger charge is 2.36. The Morgan fingerprint density at radius 2 is 1.67 bits per heavy atom. The van der Waals surface area contributed by atoms with Gasteiger partial charge in [-0.2, -0.15) is 0 Å². The number of benzene rings is 3. The van der Waals surface area contributed by atoms with Crippen molar-refractivity contribution in [1.82, 2.24) is 0 Å². The first-order valence-electron chi connectivity index (χ1n) is 9.01. The van der Waals surface area contributed by atoms with Crippen molar-refractivity contribution >= 4 is 57.9 Å². The highest BCUT2D eigenvalue weighted by molar-refractivity contribution is 8.19. The molecule has 1 aliphatic heterocycles. The summed E-state index contributed by atoms with van der Waals surface area (Å²) < 4.78 is 5.77. The van der Waals surface area contributed by atoms with E-state index in [2.05, 4.69) is 0 Å². The van der Waals surface area contributed by atoms with Gasteiger partial charge in [-0.05, 0) is 59.8 Å². The number of anilines is 1. The van der Waals surface area contributed by atoms with E-state index in [9.17, 15) is 9.59 Å². The molecule has 0 N–H and O–H groups in total. The zero-order valence-corrected chi connectivity index (χ0v) is 17.9. The van der Waals surface area contributed by atoms with E-state index in [-0.39, 0.29) is 11.1 Å². The lowest BCUT2D eigenvalue weighted by Crippen LogP contribution is -2.27. The number of imide groups is 1. The van der Waals surface area contributed by atoms with E-state index < -0.39 is 0 Å². The largest absolute Gasteiger partial charge is 0.489 e. The predicted molar refractivity (Wildman–Crippen MR) is 122 cm³/mol. The van der Waals surface area contributed by atoms with Crippen LogP contribution in [0, 0.1) is 0 Å². The summed E-state index contributed by atoms with van der Waals surface area (Å²) >= 11 is 13.0. The van der Waals surface area contributed by atoms with E-state index >= 15 is 0 Å². The third-order valence-electron chi connectivity index (χ3n) is 4.40. The summed E-state index contributed by atoms with van der Waals surface area (Å²) in [6.45, 7) is 0.311. The Kier molecular flexibility index (Phi) is 6.13. The number of thioether (sulfide) groups is 1. The van der Waals surface area contributed by atoms with Gasteiger partial charge in [0.05, 0.1) is 10.6 Å². The fourth-order valence-electron chi connectivity index (χ4n) is 2.88. The quantitative estimate of drug-likeness (QED) is 0.396. The standard InChI is InChI=1S/C23H15Cl2NO3S/c24-17-9-8-16(20(25)13-17)14-29-19-10-6-15(7-11-19)12-21-22(27)26(23(28)30-21)18-4-2-1-3-5-18/h1-13H,14H2/b21-12+. The number of carbonyl (C=O) groups is 2.